The molecule has 0 spiro atoms. The monoisotopic (exact) mass is 669 g/mol. The van der Waals surface area contributed by atoms with E-state index in [9.17, 15) is 9.59 Å². The van der Waals surface area contributed by atoms with E-state index >= 15 is 0 Å². The molecule has 11 heteroatoms. The molecule has 0 amide bonds. The van der Waals surface area contributed by atoms with Gasteiger partial charge in [-0.15, -0.1) is 0 Å². The molecule has 7 nitrogen and oxygen atoms in total. The summed E-state index contributed by atoms with van der Waals surface area (Å²) in [5, 5.41) is 0.624. The van der Waals surface area contributed by atoms with Crippen LogP contribution in [-0.2, 0) is 15.9 Å². The molecule has 0 radical (unpaired) electrons. The fourth-order valence-corrected chi connectivity index (χ4v) is 5.61. The summed E-state index contributed by atoms with van der Waals surface area (Å²) in [7, 11) is 2.76. The molecule has 232 valence electrons. The Morgan fingerprint density at radius 1 is 0.674 bits per heavy atom. The maximum Gasteiger partial charge on any atom is 0.345 e. The van der Waals surface area contributed by atoms with E-state index in [1.807, 2.05) is 24.3 Å². The predicted molar refractivity (Wildman–Crippen MR) is 173 cm³/mol. The number of carbonyl (C=O) groups excluding carboxylic acids is 2. The summed E-state index contributed by atoms with van der Waals surface area (Å²) in [5.41, 5.74) is 1.77. The van der Waals surface area contributed by atoms with Gasteiger partial charge in [-0.1, -0.05) is 84.7 Å². The number of benzene rings is 3. The summed E-state index contributed by atoms with van der Waals surface area (Å²) in [6.07, 6.45) is 3.67. The quantitative estimate of drug-likeness (QED) is 0.0960. The van der Waals surface area contributed by atoms with Gasteiger partial charge in [0.2, 0.25) is 0 Å². The Labute approximate surface area is 272 Å². The number of aryl methyl sites for hydroxylation is 1. The Morgan fingerprint density at radius 2 is 1.12 bits per heavy atom. The van der Waals surface area contributed by atoms with E-state index in [1.54, 1.807) is 18.7 Å². The molecular weight excluding hydrogens is 636 g/mol. The molecule has 43 heavy (non-hydrogen) atoms. The lowest BCUT2D eigenvalue weighted by Crippen LogP contribution is -2.45. The van der Waals surface area contributed by atoms with Crippen LogP contribution >= 0.6 is 46.4 Å². The van der Waals surface area contributed by atoms with E-state index < -0.39 is 24.4 Å². The molecule has 0 N–H and O–H groups in total. The van der Waals surface area contributed by atoms with Gasteiger partial charge >= 0.3 is 11.9 Å². The number of hydrogen-bond acceptors (Lipinski definition) is 7. The zero-order valence-corrected chi connectivity index (χ0v) is 27.7. The minimum Gasteiger partial charge on any atom is -0.494 e. The molecule has 3 rings (SSSR count). The highest BCUT2D eigenvalue weighted by Gasteiger charge is 2.31. The molecule has 0 aliphatic heterocycles. The molecule has 0 heterocycles. The van der Waals surface area contributed by atoms with E-state index in [2.05, 4.69) is 6.92 Å². The highest BCUT2D eigenvalue weighted by atomic mass is 35.5. The van der Waals surface area contributed by atoms with Crippen LogP contribution in [0.4, 0.5) is 5.69 Å². The van der Waals surface area contributed by atoms with Crippen molar-refractivity contribution in [1.29, 1.82) is 0 Å². The summed E-state index contributed by atoms with van der Waals surface area (Å²) < 4.78 is 22.3. The molecule has 2 unspecified atom stereocenters. The lowest BCUT2D eigenvalue weighted by molar-refractivity contribution is 0.00875. The Morgan fingerprint density at radius 3 is 1.53 bits per heavy atom. The van der Waals surface area contributed by atoms with Crippen molar-refractivity contribution in [3.63, 3.8) is 0 Å². The Bertz CT molecular complexity index is 1340. The topological polar surface area (TPSA) is 74.3 Å². The first-order valence-corrected chi connectivity index (χ1v) is 15.4. The van der Waals surface area contributed by atoms with Crippen molar-refractivity contribution in [3.05, 3.63) is 85.3 Å². The first kappa shape index (κ1) is 34.6. The highest BCUT2D eigenvalue weighted by Crippen LogP contribution is 2.36. The van der Waals surface area contributed by atoms with Crippen LogP contribution in [0.2, 0.25) is 20.1 Å². The third kappa shape index (κ3) is 8.63. The van der Waals surface area contributed by atoms with Gasteiger partial charge < -0.3 is 23.8 Å². The first-order chi connectivity index (χ1) is 20.5. The Kier molecular flexibility index (Phi) is 13.1. The van der Waals surface area contributed by atoms with Crippen molar-refractivity contribution in [2.75, 3.05) is 19.1 Å². The minimum absolute atomic E-state index is 0.0222. The number of nitrogens with zero attached hydrogens (tertiary/aromatic N) is 1. The fourth-order valence-electron chi connectivity index (χ4n) is 4.69. The lowest BCUT2D eigenvalue weighted by atomic mass is 10.1. The third-order valence-electron chi connectivity index (χ3n) is 6.83. The van der Waals surface area contributed by atoms with Gasteiger partial charge in [0.1, 0.15) is 11.1 Å². The second-order valence-electron chi connectivity index (χ2n) is 9.77. The zero-order chi connectivity index (χ0) is 31.7. The maximum absolute atomic E-state index is 13.4. The zero-order valence-electron chi connectivity index (χ0n) is 24.7. The molecule has 0 saturated carbocycles. The van der Waals surface area contributed by atoms with Crippen LogP contribution in [-0.4, -0.2) is 38.6 Å². The van der Waals surface area contributed by atoms with Gasteiger partial charge in [-0.05, 0) is 68.7 Å². The normalized spacial score (nSPS) is 12.3. The number of ether oxygens (including phenoxy) is 4. The SMILES string of the molecule is CCCCCCc1ccc(N(C(C)OC(=O)c2c(Cl)ccc(Cl)c2OC)C(C)OC(=O)c2c(Cl)ccc(Cl)c2OC)cc1. The van der Waals surface area contributed by atoms with Gasteiger partial charge in [-0.2, -0.15) is 0 Å². The van der Waals surface area contributed by atoms with Crippen molar-refractivity contribution in [2.24, 2.45) is 0 Å². The van der Waals surface area contributed by atoms with Crippen molar-refractivity contribution in [2.45, 2.75) is 65.3 Å². The lowest BCUT2D eigenvalue weighted by Gasteiger charge is -2.35. The smallest absolute Gasteiger partial charge is 0.345 e. The van der Waals surface area contributed by atoms with Gasteiger partial charge in [-0.3, -0.25) is 0 Å². The second kappa shape index (κ2) is 16.3. The molecule has 3 aromatic carbocycles. The van der Waals surface area contributed by atoms with Crippen LogP contribution in [0, 0.1) is 0 Å². The van der Waals surface area contributed by atoms with Gasteiger partial charge in [0.05, 0.1) is 34.3 Å². The summed E-state index contributed by atoms with van der Waals surface area (Å²) in [6.45, 7) is 5.48. The summed E-state index contributed by atoms with van der Waals surface area (Å²) in [5.74, 6) is -1.36. The molecule has 0 aliphatic rings. The van der Waals surface area contributed by atoms with E-state index in [1.165, 1.54) is 56.9 Å². The van der Waals surface area contributed by atoms with Crippen LogP contribution < -0.4 is 14.4 Å². The van der Waals surface area contributed by atoms with Crippen LogP contribution in [0.15, 0.2) is 48.5 Å². The van der Waals surface area contributed by atoms with Gasteiger partial charge in [0.15, 0.2) is 24.0 Å². The number of rotatable bonds is 14. The first-order valence-electron chi connectivity index (χ1n) is 13.9. The van der Waals surface area contributed by atoms with Crippen LogP contribution in [0.5, 0.6) is 11.5 Å². The van der Waals surface area contributed by atoms with Gasteiger partial charge in [0, 0.05) is 5.69 Å². The number of methoxy groups -OCH3 is 2. The predicted octanol–water partition coefficient (Wildman–Crippen LogP) is 9.65. The molecule has 0 aromatic heterocycles. The number of halogens is 4. The summed E-state index contributed by atoms with van der Waals surface area (Å²) in [4.78, 5) is 28.4. The number of unbranched alkanes of at least 4 members (excludes halogenated alkanes) is 3. The van der Waals surface area contributed by atoms with E-state index in [-0.39, 0.29) is 42.7 Å². The van der Waals surface area contributed by atoms with Crippen molar-refractivity contribution >= 4 is 64.0 Å². The van der Waals surface area contributed by atoms with Crippen LogP contribution in [0.1, 0.15) is 72.7 Å². The Balaban J connectivity index is 1.94. The average molecular weight is 671 g/mol. The van der Waals surface area contributed by atoms with Crippen LogP contribution in [0.3, 0.4) is 0 Å². The molecule has 0 fully saturated rings. The largest absolute Gasteiger partial charge is 0.494 e. The van der Waals surface area contributed by atoms with Gasteiger partial charge in [0.25, 0.3) is 0 Å². The van der Waals surface area contributed by atoms with E-state index in [4.69, 9.17) is 65.4 Å². The highest BCUT2D eigenvalue weighted by molar-refractivity contribution is 6.37. The molecule has 0 saturated heterocycles. The van der Waals surface area contributed by atoms with Gasteiger partial charge in [-0.25, -0.2) is 9.59 Å². The Hall–Kier alpha value is -2.84. The maximum atomic E-state index is 13.4. The third-order valence-corrected chi connectivity index (χ3v) is 8.05. The average Bonchev–Trinajstić information content (AvgIpc) is 2.97. The van der Waals surface area contributed by atoms with Crippen LogP contribution in [0.25, 0.3) is 0 Å². The standard InChI is InChI=1S/C32H35Cl4NO6/c1-6-7-8-9-10-21-11-13-22(14-12-21)37(19(2)42-31(38)27-23(33)15-17-25(35)29(27)40-4)20(3)43-32(39)28-24(34)16-18-26(36)30(28)41-5/h11-20H,6-10H2,1-5H3. The molecular formula is C32H35Cl4NO6. The summed E-state index contributed by atoms with van der Waals surface area (Å²) in [6, 6.07) is 13.8. The molecule has 0 aliphatic carbocycles. The number of hydrogen-bond donors (Lipinski definition) is 0. The molecule has 0 bridgehead atoms. The van der Waals surface area contributed by atoms with Crippen molar-refractivity contribution in [3.8, 4) is 11.5 Å². The molecule has 2 atom stereocenters. The fraction of sp³-hybridized carbons (Fsp3) is 0.375. The second-order valence-corrected chi connectivity index (χ2v) is 11.4. The number of carbonyl (C=O) groups is 2. The number of esters is 2. The minimum atomic E-state index is -0.942. The van der Waals surface area contributed by atoms with E-state index in [0.29, 0.717) is 5.69 Å². The summed E-state index contributed by atoms with van der Waals surface area (Å²) >= 11 is 25.1. The number of anilines is 1. The van der Waals surface area contributed by atoms with Crippen molar-refractivity contribution in [1.82, 2.24) is 0 Å². The van der Waals surface area contributed by atoms with Crippen molar-refractivity contribution < 1.29 is 28.5 Å². The van der Waals surface area contributed by atoms with E-state index in [0.717, 1.165) is 19.3 Å². The molecule has 3 aromatic rings.